The Morgan fingerprint density at radius 3 is 2.77 bits per heavy atom. The quantitative estimate of drug-likeness (QED) is 0.673. The summed E-state index contributed by atoms with van der Waals surface area (Å²) in [5.74, 6) is -3.27. The summed E-state index contributed by atoms with van der Waals surface area (Å²) < 4.78 is 37.8. The van der Waals surface area contributed by atoms with E-state index < -0.39 is 29.2 Å². The lowest BCUT2D eigenvalue weighted by Crippen LogP contribution is -2.52. The molecular formula is C13H13F2N3O4. The summed E-state index contributed by atoms with van der Waals surface area (Å²) in [6.07, 6.45) is -1.33. The molecule has 9 heteroatoms. The summed E-state index contributed by atoms with van der Waals surface area (Å²) in [5.41, 5.74) is -0.748. The van der Waals surface area contributed by atoms with Gasteiger partial charge in [0.25, 0.3) is 11.6 Å². The highest BCUT2D eigenvalue weighted by Crippen LogP contribution is 2.37. The molecule has 1 fully saturated rings. The van der Waals surface area contributed by atoms with E-state index >= 15 is 0 Å². The second-order valence-corrected chi connectivity index (χ2v) is 4.72. The first-order valence-electron chi connectivity index (χ1n) is 6.40. The van der Waals surface area contributed by atoms with Crippen molar-refractivity contribution in [1.29, 1.82) is 5.26 Å². The van der Waals surface area contributed by atoms with Gasteiger partial charge in [-0.2, -0.15) is 5.26 Å². The van der Waals surface area contributed by atoms with Gasteiger partial charge >= 0.3 is 0 Å². The van der Waals surface area contributed by atoms with Crippen LogP contribution in [0.15, 0.2) is 12.1 Å². The number of nitrogens with one attached hydrogen (secondary N) is 1. The van der Waals surface area contributed by atoms with Crippen LogP contribution in [0.4, 0.5) is 14.5 Å². The van der Waals surface area contributed by atoms with Crippen LogP contribution in [0.3, 0.4) is 0 Å². The Balaban J connectivity index is 2.38. The first-order chi connectivity index (χ1) is 10.4. The van der Waals surface area contributed by atoms with E-state index in [4.69, 9.17) is 14.7 Å². The first-order valence-corrected chi connectivity index (χ1v) is 6.40. The van der Waals surface area contributed by atoms with Crippen molar-refractivity contribution in [3.05, 3.63) is 27.8 Å². The van der Waals surface area contributed by atoms with Crippen LogP contribution in [0.25, 0.3) is 0 Å². The van der Waals surface area contributed by atoms with E-state index in [1.165, 1.54) is 7.11 Å². The zero-order valence-corrected chi connectivity index (χ0v) is 11.6. The number of halogens is 2. The van der Waals surface area contributed by atoms with Crippen molar-refractivity contribution < 1.29 is 23.2 Å². The average Bonchev–Trinajstić information content (AvgIpc) is 2.48. The third-order valence-electron chi connectivity index (χ3n) is 3.28. The van der Waals surface area contributed by atoms with Gasteiger partial charge in [-0.25, -0.2) is 8.78 Å². The molecule has 0 aliphatic carbocycles. The molecule has 0 aromatic heterocycles. The second kappa shape index (κ2) is 6.11. The van der Waals surface area contributed by atoms with E-state index in [2.05, 4.69) is 5.32 Å². The summed E-state index contributed by atoms with van der Waals surface area (Å²) in [6, 6.07) is 3.69. The molecule has 1 unspecified atom stereocenters. The highest BCUT2D eigenvalue weighted by atomic mass is 19.3. The van der Waals surface area contributed by atoms with Crippen LogP contribution < -0.4 is 14.8 Å². The summed E-state index contributed by atoms with van der Waals surface area (Å²) in [5, 5.41) is 22.4. The first kappa shape index (κ1) is 15.9. The van der Waals surface area contributed by atoms with Crippen LogP contribution in [0.5, 0.6) is 11.5 Å². The zero-order valence-electron chi connectivity index (χ0n) is 11.6. The maximum absolute atomic E-state index is 13.8. The van der Waals surface area contributed by atoms with Gasteiger partial charge in [-0.1, -0.05) is 0 Å². The average molecular weight is 313 g/mol. The van der Waals surface area contributed by atoms with Gasteiger partial charge < -0.3 is 14.8 Å². The van der Waals surface area contributed by atoms with Crippen molar-refractivity contribution in [2.75, 3.05) is 20.2 Å². The van der Waals surface area contributed by atoms with Crippen molar-refractivity contribution >= 4 is 5.69 Å². The van der Waals surface area contributed by atoms with Gasteiger partial charge in [0.2, 0.25) is 0 Å². The van der Waals surface area contributed by atoms with Crippen molar-refractivity contribution in [2.24, 2.45) is 0 Å². The van der Waals surface area contributed by atoms with E-state index in [9.17, 15) is 18.9 Å². The van der Waals surface area contributed by atoms with E-state index in [0.29, 0.717) is 6.54 Å². The number of nitrogens with zero attached hydrogens (tertiary/aromatic N) is 2. The topological polar surface area (TPSA) is 97.4 Å². The Labute approximate surface area is 124 Å². The van der Waals surface area contributed by atoms with E-state index in [-0.39, 0.29) is 23.5 Å². The lowest BCUT2D eigenvalue weighted by atomic mass is 10.1. The molecule has 0 saturated carbocycles. The second-order valence-electron chi connectivity index (χ2n) is 4.72. The number of methoxy groups -OCH3 is 1. The van der Waals surface area contributed by atoms with Crippen LogP contribution in [-0.2, 0) is 0 Å². The molecule has 2 rings (SSSR count). The SMILES string of the molecule is COc1cc([N+](=O)[O-])c(C#N)cc1OC1CCNCC1(F)F. The highest BCUT2D eigenvalue weighted by molar-refractivity contribution is 5.58. The molecule has 1 aromatic rings. The van der Waals surface area contributed by atoms with E-state index in [1.54, 1.807) is 6.07 Å². The minimum absolute atomic E-state index is 0.0645. The number of nitro groups is 1. The molecule has 0 radical (unpaired) electrons. The van der Waals surface area contributed by atoms with Crippen molar-refractivity contribution in [1.82, 2.24) is 5.32 Å². The fourth-order valence-corrected chi connectivity index (χ4v) is 2.15. The summed E-state index contributed by atoms with van der Waals surface area (Å²) in [4.78, 5) is 10.1. The Morgan fingerprint density at radius 2 is 2.23 bits per heavy atom. The van der Waals surface area contributed by atoms with Gasteiger partial charge in [-0.3, -0.25) is 10.1 Å². The number of ether oxygens (including phenoxy) is 2. The van der Waals surface area contributed by atoms with Gasteiger partial charge in [0.05, 0.1) is 24.6 Å². The molecule has 1 aliphatic heterocycles. The number of nitriles is 1. The minimum Gasteiger partial charge on any atom is -0.493 e. The van der Waals surface area contributed by atoms with Crippen molar-refractivity contribution in [2.45, 2.75) is 18.4 Å². The van der Waals surface area contributed by atoms with E-state index in [1.807, 2.05) is 0 Å². The van der Waals surface area contributed by atoms with Crippen LogP contribution in [0.1, 0.15) is 12.0 Å². The van der Waals surface area contributed by atoms with E-state index in [0.717, 1.165) is 12.1 Å². The Bertz CT molecular complexity index is 630. The molecule has 1 heterocycles. The predicted molar refractivity (Wildman–Crippen MR) is 71.2 cm³/mol. The van der Waals surface area contributed by atoms with Crippen LogP contribution in [0, 0.1) is 21.4 Å². The van der Waals surface area contributed by atoms with Gasteiger partial charge in [0.15, 0.2) is 17.6 Å². The minimum atomic E-state index is -3.09. The predicted octanol–water partition coefficient (Wildman–Crippen LogP) is 1.85. The molecule has 1 N–H and O–H groups in total. The van der Waals surface area contributed by atoms with Crippen molar-refractivity contribution in [3.8, 4) is 17.6 Å². The molecule has 1 atom stereocenters. The molecule has 7 nitrogen and oxygen atoms in total. The number of alkyl halides is 2. The molecule has 22 heavy (non-hydrogen) atoms. The zero-order chi connectivity index (χ0) is 16.3. The Hall–Kier alpha value is -2.47. The largest absolute Gasteiger partial charge is 0.493 e. The lowest BCUT2D eigenvalue weighted by molar-refractivity contribution is -0.385. The highest BCUT2D eigenvalue weighted by Gasteiger charge is 2.44. The van der Waals surface area contributed by atoms with Gasteiger partial charge in [0, 0.05) is 12.5 Å². The molecule has 1 aromatic carbocycles. The van der Waals surface area contributed by atoms with Crippen LogP contribution in [0.2, 0.25) is 0 Å². The Kier molecular flexibility index (Phi) is 4.42. The molecule has 0 spiro atoms. The molecule has 0 amide bonds. The van der Waals surface area contributed by atoms with Crippen LogP contribution >= 0.6 is 0 Å². The normalized spacial score (nSPS) is 20.0. The lowest BCUT2D eigenvalue weighted by Gasteiger charge is -2.32. The number of piperidine rings is 1. The molecule has 118 valence electrons. The number of nitro benzene ring substituents is 1. The summed E-state index contributed by atoms with van der Waals surface area (Å²) in [6.45, 7) is -0.154. The smallest absolute Gasteiger partial charge is 0.296 e. The van der Waals surface area contributed by atoms with Crippen molar-refractivity contribution in [3.63, 3.8) is 0 Å². The number of hydrogen-bond acceptors (Lipinski definition) is 6. The monoisotopic (exact) mass is 313 g/mol. The third kappa shape index (κ3) is 3.07. The standard InChI is InChI=1S/C13H13F2N3O4/c1-21-10-5-9(18(19)20)8(6-16)4-11(10)22-12-2-3-17-7-13(12,14)15/h4-5,12,17H,2-3,7H2,1H3. The number of benzene rings is 1. The maximum atomic E-state index is 13.8. The molecule has 1 aliphatic rings. The Morgan fingerprint density at radius 1 is 1.50 bits per heavy atom. The third-order valence-corrected chi connectivity index (χ3v) is 3.28. The summed E-state index contributed by atoms with van der Waals surface area (Å²) in [7, 11) is 1.23. The van der Waals surface area contributed by atoms with Gasteiger partial charge in [-0.15, -0.1) is 0 Å². The fourth-order valence-electron chi connectivity index (χ4n) is 2.15. The molecular weight excluding hydrogens is 300 g/mol. The molecule has 1 saturated heterocycles. The maximum Gasteiger partial charge on any atom is 0.296 e. The molecule has 0 bridgehead atoms. The number of hydrogen-bond donors (Lipinski definition) is 1. The number of rotatable bonds is 4. The van der Waals surface area contributed by atoms with Gasteiger partial charge in [0.1, 0.15) is 11.6 Å². The summed E-state index contributed by atoms with van der Waals surface area (Å²) >= 11 is 0. The van der Waals surface area contributed by atoms with Gasteiger partial charge in [-0.05, 0) is 6.54 Å². The van der Waals surface area contributed by atoms with Crippen LogP contribution in [-0.4, -0.2) is 37.1 Å². The fraction of sp³-hybridized carbons (Fsp3) is 0.462.